The first-order valence-electron chi connectivity index (χ1n) is 9.31. The largest absolute Gasteiger partial charge is 0.366 e. The van der Waals surface area contributed by atoms with Crippen LogP contribution in [-0.4, -0.2) is 17.6 Å². The van der Waals surface area contributed by atoms with Crippen molar-refractivity contribution >= 4 is 46.5 Å². The summed E-state index contributed by atoms with van der Waals surface area (Å²) in [5, 5.41) is 0.911. The summed E-state index contributed by atoms with van der Waals surface area (Å²) in [7, 11) is 0. The van der Waals surface area contributed by atoms with Crippen LogP contribution in [-0.2, 0) is 9.59 Å². The van der Waals surface area contributed by atoms with Gasteiger partial charge in [-0.15, -0.1) is 0 Å². The van der Waals surface area contributed by atoms with Crippen LogP contribution in [0.4, 0.5) is 5.69 Å². The van der Waals surface area contributed by atoms with Gasteiger partial charge in [-0.25, -0.2) is 0 Å². The van der Waals surface area contributed by atoms with Gasteiger partial charge in [0.2, 0.25) is 5.91 Å². The minimum atomic E-state index is -0.624. The standard InChI is InChI=1S/C22H18Cl2N2O3/c23-12-8-9-13(16(24)10-12)15-11-20(28)26(18-6-3-7-19(27)21(15)18)17-5-2-1-4-14(17)22(25)29/h1-2,4-5,8-10,15H,3,6-7,11H2,(H2,25,29). The van der Waals surface area contributed by atoms with E-state index in [1.54, 1.807) is 42.5 Å². The van der Waals surface area contributed by atoms with Crippen molar-refractivity contribution < 1.29 is 14.4 Å². The number of hydrogen-bond acceptors (Lipinski definition) is 3. The lowest BCUT2D eigenvalue weighted by molar-refractivity contribution is -0.119. The van der Waals surface area contributed by atoms with Crippen LogP contribution < -0.4 is 10.6 Å². The van der Waals surface area contributed by atoms with E-state index in [9.17, 15) is 14.4 Å². The Morgan fingerprint density at radius 2 is 1.83 bits per heavy atom. The van der Waals surface area contributed by atoms with E-state index >= 15 is 0 Å². The number of hydrogen-bond donors (Lipinski definition) is 1. The van der Waals surface area contributed by atoms with Crippen LogP contribution in [0.2, 0.25) is 10.0 Å². The fraction of sp³-hybridized carbons (Fsp3) is 0.227. The van der Waals surface area contributed by atoms with Gasteiger partial charge in [0.05, 0.1) is 11.3 Å². The average molecular weight is 429 g/mol. The van der Waals surface area contributed by atoms with Gasteiger partial charge in [-0.3, -0.25) is 19.3 Å². The molecule has 1 unspecified atom stereocenters. The summed E-state index contributed by atoms with van der Waals surface area (Å²) < 4.78 is 0. The highest BCUT2D eigenvalue weighted by Crippen LogP contribution is 2.45. The molecule has 1 aliphatic heterocycles. The average Bonchev–Trinajstić information content (AvgIpc) is 2.67. The Kier molecular flexibility index (Phi) is 5.19. The molecule has 2 aromatic rings. The normalized spacial score (nSPS) is 19.4. The maximum absolute atomic E-state index is 13.3. The molecular formula is C22H18Cl2N2O3. The van der Waals surface area contributed by atoms with Crippen molar-refractivity contribution in [1.29, 1.82) is 0 Å². The van der Waals surface area contributed by atoms with E-state index in [4.69, 9.17) is 28.9 Å². The number of primary amides is 1. The second-order valence-corrected chi connectivity index (χ2v) is 8.01. The Hall–Kier alpha value is -2.63. The zero-order chi connectivity index (χ0) is 20.7. The number of benzene rings is 2. The third-order valence-electron chi connectivity index (χ3n) is 5.42. The van der Waals surface area contributed by atoms with Crippen molar-refractivity contribution in [2.45, 2.75) is 31.6 Å². The molecule has 0 bridgehead atoms. The van der Waals surface area contributed by atoms with Crippen molar-refractivity contribution in [2.75, 3.05) is 4.90 Å². The second kappa shape index (κ2) is 7.65. The summed E-state index contributed by atoms with van der Waals surface area (Å²) in [5.41, 5.74) is 8.09. The third-order valence-corrected chi connectivity index (χ3v) is 5.99. The smallest absolute Gasteiger partial charge is 0.250 e. The molecule has 2 amide bonds. The highest BCUT2D eigenvalue weighted by molar-refractivity contribution is 6.35. The highest BCUT2D eigenvalue weighted by Gasteiger charge is 2.41. The Bertz CT molecular complexity index is 1080. The molecule has 1 heterocycles. The lowest BCUT2D eigenvalue weighted by atomic mass is 9.77. The predicted molar refractivity (Wildman–Crippen MR) is 112 cm³/mol. The molecule has 0 saturated carbocycles. The number of amides is 2. The summed E-state index contributed by atoms with van der Waals surface area (Å²) in [4.78, 5) is 39.6. The molecule has 29 heavy (non-hydrogen) atoms. The lowest BCUT2D eigenvalue weighted by Gasteiger charge is -2.39. The summed E-state index contributed by atoms with van der Waals surface area (Å²) in [6, 6.07) is 11.8. The number of para-hydroxylation sites is 1. The number of ketones is 1. The van der Waals surface area contributed by atoms with E-state index in [-0.39, 0.29) is 23.7 Å². The molecule has 0 aromatic heterocycles. The Labute approximate surface area is 178 Å². The minimum absolute atomic E-state index is 0.00340. The molecule has 2 aliphatic rings. The Morgan fingerprint density at radius 3 is 2.55 bits per heavy atom. The topological polar surface area (TPSA) is 80.5 Å². The molecule has 1 aliphatic carbocycles. The fourth-order valence-corrected chi connectivity index (χ4v) is 4.74. The number of carbonyl (C=O) groups is 3. The van der Waals surface area contributed by atoms with E-state index in [0.29, 0.717) is 51.8 Å². The zero-order valence-electron chi connectivity index (χ0n) is 15.5. The summed E-state index contributed by atoms with van der Waals surface area (Å²) in [6.07, 6.45) is 1.68. The van der Waals surface area contributed by atoms with Gasteiger partial charge in [0.25, 0.3) is 5.91 Å². The number of nitrogens with zero attached hydrogens (tertiary/aromatic N) is 1. The van der Waals surface area contributed by atoms with Gasteiger partial charge >= 0.3 is 0 Å². The predicted octanol–water partition coefficient (Wildman–Crippen LogP) is 4.62. The van der Waals surface area contributed by atoms with Crippen molar-refractivity contribution in [3.63, 3.8) is 0 Å². The number of halogens is 2. The van der Waals surface area contributed by atoms with Crippen LogP contribution in [0.5, 0.6) is 0 Å². The SMILES string of the molecule is NC(=O)c1ccccc1N1C(=O)CC(c2ccc(Cl)cc2Cl)C2=C1CCCC2=O. The summed E-state index contributed by atoms with van der Waals surface area (Å²) >= 11 is 12.4. The molecule has 7 heteroatoms. The third kappa shape index (κ3) is 3.45. The van der Waals surface area contributed by atoms with Crippen molar-refractivity contribution in [3.8, 4) is 0 Å². The van der Waals surface area contributed by atoms with E-state index in [2.05, 4.69) is 0 Å². The van der Waals surface area contributed by atoms with Gasteiger partial charge < -0.3 is 5.73 Å². The maximum Gasteiger partial charge on any atom is 0.250 e. The van der Waals surface area contributed by atoms with Crippen LogP contribution in [0.3, 0.4) is 0 Å². The first-order chi connectivity index (χ1) is 13.9. The molecule has 1 atom stereocenters. The molecule has 5 nitrogen and oxygen atoms in total. The van der Waals surface area contributed by atoms with Crippen LogP contribution in [0.15, 0.2) is 53.7 Å². The number of nitrogens with two attached hydrogens (primary N) is 1. The van der Waals surface area contributed by atoms with Gasteiger partial charge in [-0.1, -0.05) is 41.4 Å². The highest BCUT2D eigenvalue weighted by atomic mass is 35.5. The molecular weight excluding hydrogens is 411 g/mol. The van der Waals surface area contributed by atoms with Gasteiger partial charge in [0, 0.05) is 40.1 Å². The number of anilines is 1. The molecule has 2 aromatic carbocycles. The van der Waals surface area contributed by atoms with Crippen LogP contribution >= 0.6 is 23.2 Å². The van der Waals surface area contributed by atoms with Crippen LogP contribution in [0.1, 0.15) is 47.5 Å². The maximum atomic E-state index is 13.3. The Morgan fingerprint density at radius 1 is 1.07 bits per heavy atom. The van der Waals surface area contributed by atoms with E-state index in [0.717, 1.165) is 0 Å². The molecule has 4 rings (SSSR count). The van der Waals surface area contributed by atoms with Gasteiger partial charge in [-0.05, 0) is 42.7 Å². The van der Waals surface area contributed by atoms with Gasteiger partial charge in [0.1, 0.15) is 0 Å². The van der Waals surface area contributed by atoms with E-state index < -0.39 is 11.8 Å². The first kappa shape index (κ1) is 19.7. The molecule has 0 saturated heterocycles. The van der Waals surface area contributed by atoms with Crippen molar-refractivity contribution in [1.82, 2.24) is 0 Å². The Balaban J connectivity index is 1.91. The van der Waals surface area contributed by atoms with Crippen LogP contribution in [0, 0.1) is 0 Å². The lowest BCUT2D eigenvalue weighted by Crippen LogP contribution is -2.41. The monoisotopic (exact) mass is 428 g/mol. The molecule has 0 radical (unpaired) electrons. The molecule has 0 spiro atoms. The number of allylic oxidation sites excluding steroid dienone is 2. The van der Waals surface area contributed by atoms with Crippen LogP contribution in [0.25, 0.3) is 0 Å². The fourth-order valence-electron chi connectivity index (χ4n) is 4.20. The minimum Gasteiger partial charge on any atom is -0.366 e. The summed E-state index contributed by atoms with van der Waals surface area (Å²) in [6.45, 7) is 0. The molecule has 2 N–H and O–H groups in total. The number of Topliss-reactive ketones (excluding diaryl/α,β-unsaturated/α-hetero) is 1. The summed E-state index contributed by atoms with van der Waals surface area (Å²) in [5.74, 6) is -1.27. The van der Waals surface area contributed by atoms with E-state index in [1.807, 2.05) is 0 Å². The second-order valence-electron chi connectivity index (χ2n) is 7.17. The number of rotatable bonds is 3. The first-order valence-corrected chi connectivity index (χ1v) is 10.1. The zero-order valence-corrected chi connectivity index (χ0v) is 17.0. The van der Waals surface area contributed by atoms with Gasteiger partial charge in [-0.2, -0.15) is 0 Å². The quantitative estimate of drug-likeness (QED) is 0.773. The van der Waals surface area contributed by atoms with Crippen molar-refractivity contribution in [2.24, 2.45) is 5.73 Å². The van der Waals surface area contributed by atoms with Crippen molar-refractivity contribution in [3.05, 3.63) is 74.9 Å². The van der Waals surface area contributed by atoms with Gasteiger partial charge in [0.15, 0.2) is 5.78 Å². The number of carbonyl (C=O) groups excluding carboxylic acids is 3. The van der Waals surface area contributed by atoms with E-state index in [1.165, 1.54) is 4.90 Å². The molecule has 0 fully saturated rings. The molecule has 148 valence electrons.